The van der Waals surface area contributed by atoms with E-state index in [0.29, 0.717) is 23.6 Å². The lowest BCUT2D eigenvalue weighted by molar-refractivity contribution is -0.136. The molecule has 0 spiro atoms. The second-order valence-electron chi connectivity index (χ2n) is 4.70. The molecule has 1 aromatic heterocycles. The molecule has 0 bridgehead atoms. The van der Waals surface area contributed by atoms with Crippen molar-refractivity contribution < 1.29 is 23.8 Å². The lowest BCUT2D eigenvalue weighted by Crippen LogP contribution is -2.15. The minimum absolute atomic E-state index is 0.142. The number of hydrogen-bond acceptors (Lipinski definition) is 4. The van der Waals surface area contributed by atoms with Crippen molar-refractivity contribution >= 4 is 17.6 Å². The van der Waals surface area contributed by atoms with Gasteiger partial charge in [0.05, 0.1) is 18.4 Å². The molecule has 2 aromatic rings. The number of carboxylic acid groups (broad SMARTS) is 1. The first kappa shape index (κ1) is 15.6. The van der Waals surface area contributed by atoms with Crippen molar-refractivity contribution in [3.8, 4) is 5.75 Å². The Kier molecular flexibility index (Phi) is 4.83. The predicted octanol–water partition coefficient (Wildman–Crippen LogP) is 2.87. The van der Waals surface area contributed by atoms with Crippen molar-refractivity contribution in [2.45, 2.75) is 20.3 Å². The molecule has 2 rings (SSSR count). The minimum atomic E-state index is -1.05. The molecule has 0 saturated carbocycles. The van der Waals surface area contributed by atoms with Crippen LogP contribution >= 0.6 is 0 Å². The third kappa shape index (κ3) is 3.66. The van der Waals surface area contributed by atoms with Crippen molar-refractivity contribution in [1.82, 2.24) is 0 Å². The number of ether oxygens (including phenoxy) is 1. The van der Waals surface area contributed by atoms with E-state index in [9.17, 15) is 9.59 Å². The third-order valence-corrected chi connectivity index (χ3v) is 2.99. The molecule has 0 aliphatic rings. The highest BCUT2D eigenvalue weighted by molar-refractivity contribution is 6.06. The fraction of sp³-hybridized carbons (Fsp3) is 0.250. The number of anilines is 1. The zero-order chi connectivity index (χ0) is 16.1. The summed E-state index contributed by atoms with van der Waals surface area (Å²) in [6.45, 7) is 4.10. The number of nitrogens with one attached hydrogen (secondary N) is 1. The Morgan fingerprint density at radius 1 is 1.36 bits per heavy atom. The van der Waals surface area contributed by atoms with Crippen molar-refractivity contribution in [2.24, 2.45) is 0 Å². The van der Waals surface area contributed by atoms with E-state index in [1.807, 2.05) is 6.92 Å². The van der Waals surface area contributed by atoms with Crippen LogP contribution in [-0.4, -0.2) is 23.6 Å². The van der Waals surface area contributed by atoms with E-state index in [0.717, 1.165) is 0 Å². The molecular weight excluding hydrogens is 286 g/mol. The highest BCUT2D eigenvalue weighted by atomic mass is 16.5. The van der Waals surface area contributed by atoms with Crippen molar-refractivity contribution in [3.05, 3.63) is 47.4 Å². The number of benzene rings is 1. The molecule has 6 heteroatoms. The molecular formula is C16H17NO5. The minimum Gasteiger partial charge on any atom is -0.494 e. The maximum Gasteiger partial charge on any atom is 0.311 e. The summed E-state index contributed by atoms with van der Waals surface area (Å²) in [7, 11) is 0. The van der Waals surface area contributed by atoms with Crippen LogP contribution in [0.5, 0.6) is 5.75 Å². The smallest absolute Gasteiger partial charge is 0.311 e. The molecule has 6 nitrogen and oxygen atoms in total. The Morgan fingerprint density at radius 2 is 2.14 bits per heavy atom. The molecule has 116 valence electrons. The van der Waals surface area contributed by atoms with Crippen LogP contribution in [0.4, 0.5) is 5.69 Å². The van der Waals surface area contributed by atoms with Crippen molar-refractivity contribution in [1.29, 1.82) is 0 Å². The summed E-state index contributed by atoms with van der Waals surface area (Å²) in [4.78, 5) is 23.2. The Bertz CT molecular complexity index is 690. The second-order valence-corrected chi connectivity index (χ2v) is 4.70. The van der Waals surface area contributed by atoms with E-state index in [1.54, 1.807) is 31.2 Å². The van der Waals surface area contributed by atoms with Gasteiger partial charge in [-0.3, -0.25) is 9.59 Å². The van der Waals surface area contributed by atoms with E-state index < -0.39 is 11.9 Å². The maximum atomic E-state index is 12.4. The molecule has 1 aromatic carbocycles. The van der Waals surface area contributed by atoms with Crippen LogP contribution in [0.15, 0.2) is 34.9 Å². The normalized spacial score (nSPS) is 10.3. The number of hydrogen-bond donors (Lipinski definition) is 2. The monoisotopic (exact) mass is 303 g/mol. The van der Waals surface area contributed by atoms with Crippen LogP contribution in [0.2, 0.25) is 0 Å². The van der Waals surface area contributed by atoms with Crippen LogP contribution in [0, 0.1) is 6.92 Å². The molecule has 0 saturated heterocycles. The average Bonchev–Trinajstić information content (AvgIpc) is 2.79. The Labute approximate surface area is 127 Å². The summed E-state index contributed by atoms with van der Waals surface area (Å²) in [5.74, 6) is -0.670. The van der Waals surface area contributed by atoms with Gasteiger partial charge in [-0.2, -0.15) is 0 Å². The first-order valence-electron chi connectivity index (χ1n) is 6.84. The molecule has 0 fully saturated rings. The second kappa shape index (κ2) is 6.80. The zero-order valence-corrected chi connectivity index (χ0v) is 12.4. The fourth-order valence-corrected chi connectivity index (χ4v) is 2.09. The van der Waals surface area contributed by atoms with Gasteiger partial charge >= 0.3 is 5.97 Å². The van der Waals surface area contributed by atoms with Crippen LogP contribution in [0.3, 0.4) is 0 Å². The molecule has 22 heavy (non-hydrogen) atoms. The van der Waals surface area contributed by atoms with Crippen molar-refractivity contribution in [2.75, 3.05) is 11.9 Å². The number of aryl methyl sites for hydroxylation is 1. The highest BCUT2D eigenvalue weighted by Gasteiger charge is 2.20. The van der Waals surface area contributed by atoms with E-state index in [1.165, 1.54) is 6.26 Å². The zero-order valence-electron chi connectivity index (χ0n) is 12.4. The van der Waals surface area contributed by atoms with Gasteiger partial charge in [0.25, 0.3) is 5.91 Å². The van der Waals surface area contributed by atoms with E-state index >= 15 is 0 Å². The van der Waals surface area contributed by atoms with Gasteiger partial charge in [0, 0.05) is 17.3 Å². The number of furan rings is 1. The largest absolute Gasteiger partial charge is 0.494 e. The molecule has 0 radical (unpaired) electrons. The summed E-state index contributed by atoms with van der Waals surface area (Å²) in [5, 5.41) is 11.6. The lowest BCUT2D eigenvalue weighted by atomic mass is 10.1. The van der Waals surface area contributed by atoms with Gasteiger partial charge in [-0.15, -0.1) is 0 Å². The van der Waals surface area contributed by atoms with E-state index in [4.69, 9.17) is 14.3 Å². The lowest BCUT2D eigenvalue weighted by Gasteiger charge is -2.08. The Hall–Kier alpha value is -2.76. The summed E-state index contributed by atoms with van der Waals surface area (Å²) in [6, 6.07) is 6.99. The highest BCUT2D eigenvalue weighted by Crippen LogP contribution is 2.21. The molecule has 0 aliphatic heterocycles. The van der Waals surface area contributed by atoms with Gasteiger partial charge in [0.15, 0.2) is 0 Å². The van der Waals surface area contributed by atoms with Crippen LogP contribution in [0.25, 0.3) is 0 Å². The third-order valence-electron chi connectivity index (χ3n) is 2.99. The molecule has 0 aliphatic carbocycles. The van der Waals surface area contributed by atoms with E-state index in [-0.39, 0.29) is 17.7 Å². The maximum absolute atomic E-state index is 12.4. The van der Waals surface area contributed by atoms with Crippen molar-refractivity contribution in [3.63, 3.8) is 0 Å². The summed E-state index contributed by atoms with van der Waals surface area (Å²) in [6.07, 6.45) is 1.04. The van der Waals surface area contributed by atoms with Gasteiger partial charge in [0.1, 0.15) is 17.9 Å². The average molecular weight is 303 g/mol. The standard InChI is InChI=1S/C16H17NO5/c1-3-21-12-6-4-5-11(7-12)17-16(20)15-10(2)9-22-13(15)8-14(18)19/h4-7,9H,3,8H2,1-2H3,(H,17,20)(H,18,19). The number of carbonyl (C=O) groups excluding carboxylic acids is 1. The number of aliphatic carboxylic acids is 1. The predicted molar refractivity (Wildman–Crippen MR) is 80.3 cm³/mol. The summed E-state index contributed by atoms with van der Waals surface area (Å²) in [5.41, 5.74) is 1.41. The molecule has 0 atom stereocenters. The SMILES string of the molecule is CCOc1cccc(NC(=O)c2c(C)coc2CC(=O)O)c1. The molecule has 1 heterocycles. The summed E-state index contributed by atoms with van der Waals surface area (Å²) >= 11 is 0. The van der Waals surface area contributed by atoms with Gasteiger partial charge < -0.3 is 19.6 Å². The number of carbonyl (C=O) groups is 2. The van der Waals surface area contributed by atoms with Gasteiger partial charge in [0.2, 0.25) is 0 Å². The topological polar surface area (TPSA) is 88.8 Å². The van der Waals surface area contributed by atoms with Crippen LogP contribution in [-0.2, 0) is 11.2 Å². The molecule has 0 unspecified atom stereocenters. The van der Waals surface area contributed by atoms with Gasteiger partial charge in [-0.1, -0.05) is 6.07 Å². The Morgan fingerprint density at radius 3 is 2.82 bits per heavy atom. The molecule has 2 N–H and O–H groups in total. The first-order chi connectivity index (χ1) is 10.5. The van der Waals surface area contributed by atoms with Gasteiger partial charge in [-0.25, -0.2) is 0 Å². The van der Waals surface area contributed by atoms with E-state index in [2.05, 4.69) is 5.32 Å². The van der Waals surface area contributed by atoms with Gasteiger partial charge in [-0.05, 0) is 26.0 Å². The number of rotatable bonds is 6. The van der Waals surface area contributed by atoms with Crippen LogP contribution < -0.4 is 10.1 Å². The quantitative estimate of drug-likeness (QED) is 0.856. The van der Waals surface area contributed by atoms with Crippen LogP contribution in [0.1, 0.15) is 28.6 Å². The number of carboxylic acids is 1. The summed E-state index contributed by atoms with van der Waals surface area (Å²) < 4.78 is 10.5. The Balaban J connectivity index is 2.20. The fourth-order valence-electron chi connectivity index (χ4n) is 2.09. The first-order valence-corrected chi connectivity index (χ1v) is 6.84. The molecule has 1 amide bonds. The number of amides is 1.